The summed E-state index contributed by atoms with van der Waals surface area (Å²) in [6.45, 7) is 1.45. The van der Waals surface area contributed by atoms with Gasteiger partial charge in [0.25, 0.3) is 0 Å². The van der Waals surface area contributed by atoms with Gasteiger partial charge in [-0.05, 0) is 19.1 Å². The monoisotopic (exact) mass is 440 g/mol. The van der Waals surface area contributed by atoms with Crippen LogP contribution in [0, 0.1) is 11.6 Å². The molecule has 1 aromatic carbocycles. The highest BCUT2D eigenvalue weighted by Crippen LogP contribution is 2.33. The van der Waals surface area contributed by atoms with Crippen LogP contribution in [0.15, 0.2) is 43.5 Å². The third kappa shape index (κ3) is 4.35. The van der Waals surface area contributed by atoms with Crippen LogP contribution in [-0.4, -0.2) is 40.3 Å². The maximum Gasteiger partial charge on any atom is 0.320 e. The summed E-state index contributed by atoms with van der Waals surface area (Å²) in [6, 6.07) is 3.07. The van der Waals surface area contributed by atoms with Gasteiger partial charge in [-0.15, -0.1) is 0 Å². The van der Waals surface area contributed by atoms with Crippen molar-refractivity contribution in [3.05, 3.63) is 60.7 Å². The van der Waals surface area contributed by atoms with Crippen molar-refractivity contribution in [2.75, 3.05) is 0 Å². The molecule has 0 radical (unpaired) electrons. The van der Waals surface area contributed by atoms with Gasteiger partial charge in [0.15, 0.2) is 5.60 Å². The number of benzene rings is 1. The molecule has 11 heteroatoms. The van der Waals surface area contributed by atoms with Crippen molar-refractivity contribution in [3.63, 3.8) is 0 Å². The predicted octanol–water partition coefficient (Wildman–Crippen LogP) is 2.07. The summed E-state index contributed by atoms with van der Waals surface area (Å²) in [4.78, 5) is 19.5. The standard InChI is InChI=1S/C16H15BrF2N6O2/c1-11(17)15(26)27-16(5-24-9-20-7-22-24,6-25-10-21-8-23-25)13-3-2-12(18)4-14(13)19/h2-4,7-11H,5-6H2,1H3. The molecule has 0 fully saturated rings. The quantitative estimate of drug-likeness (QED) is 0.412. The number of nitrogens with zero attached hydrogens (tertiary/aromatic N) is 6. The van der Waals surface area contributed by atoms with Gasteiger partial charge in [0.05, 0.1) is 13.1 Å². The molecule has 3 aromatic rings. The highest BCUT2D eigenvalue weighted by Gasteiger charge is 2.41. The first-order valence-electron chi connectivity index (χ1n) is 7.87. The van der Waals surface area contributed by atoms with Crippen molar-refractivity contribution < 1.29 is 18.3 Å². The Labute approximate surface area is 161 Å². The fraction of sp³-hybridized carbons (Fsp3) is 0.312. The second kappa shape index (κ2) is 7.91. The van der Waals surface area contributed by atoms with E-state index < -0.39 is 28.0 Å². The molecule has 3 rings (SSSR count). The van der Waals surface area contributed by atoms with Crippen LogP contribution in [0.25, 0.3) is 0 Å². The summed E-state index contributed by atoms with van der Waals surface area (Å²) < 4.78 is 36.7. The Morgan fingerprint density at radius 2 is 1.78 bits per heavy atom. The lowest BCUT2D eigenvalue weighted by atomic mass is 9.92. The summed E-state index contributed by atoms with van der Waals surface area (Å²) in [5.74, 6) is -2.23. The van der Waals surface area contributed by atoms with E-state index in [0.717, 1.165) is 12.1 Å². The summed E-state index contributed by atoms with van der Waals surface area (Å²) in [6.07, 6.45) is 5.41. The van der Waals surface area contributed by atoms with Crippen molar-refractivity contribution >= 4 is 21.9 Å². The Morgan fingerprint density at radius 1 is 1.19 bits per heavy atom. The second-order valence-electron chi connectivity index (χ2n) is 5.84. The maximum absolute atomic E-state index is 14.7. The molecule has 0 aliphatic carbocycles. The Kier molecular flexibility index (Phi) is 5.59. The van der Waals surface area contributed by atoms with E-state index in [4.69, 9.17) is 4.74 Å². The Bertz CT molecular complexity index is 866. The number of carbonyl (C=O) groups excluding carboxylic acids is 1. The first-order valence-corrected chi connectivity index (χ1v) is 8.78. The molecule has 0 amide bonds. The molecule has 1 unspecified atom stereocenters. The minimum absolute atomic E-state index is 0.0172. The molecule has 2 heterocycles. The van der Waals surface area contributed by atoms with Gasteiger partial charge in [0.1, 0.15) is 41.8 Å². The summed E-state index contributed by atoms with van der Waals surface area (Å²) in [5, 5.41) is 8.03. The molecule has 0 saturated carbocycles. The van der Waals surface area contributed by atoms with Crippen molar-refractivity contribution in [2.24, 2.45) is 0 Å². The summed E-state index contributed by atoms with van der Waals surface area (Å²) >= 11 is 3.15. The molecular formula is C16H15BrF2N6O2. The molecule has 27 heavy (non-hydrogen) atoms. The lowest BCUT2D eigenvalue weighted by molar-refractivity contribution is -0.164. The Morgan fingerprint density at radius 3 is 2.22 bits per heavy atom. The number of halogens is 3. The second-order valence-corrected chi connectivity index (χ2v) is 7.22. The van der Waals surface area contributed by atoms with Gasteiger partial charge >= 0.3 is 5.97 Å². The Balaban J connectivity index is 2.13. The zero-order chi connectivity index (χ0) is 19.4. The van der Waals surface area contributed by atoms with Crippen LogP contribution < -0.4 is 0 Å². The number of aromatic nitrogens is 6. The SMILES string of the molecule is CC(Br)C(=O)OC(Cn1cncn1)(Cn1cncn1)c1ccc(F)cc1F. The number of ether oxygens (including phenoxy) is 1. The number of rotatable bonds is 7. The fourth-order valence-electron chi connectivity index (χ4n) is 2.62. The van der Waals surface area contributed by atoms with Gasteiger partial charge in [-0.1, -0.05) is 15.9 Å². The van der Waals surface area contributed by atoms with E-state index in [0.29, 0.717) is 0 Å². The van der Waals surface area contributed by atoms with Crippen molar-refractivity contribution in [2.45, 2.75) is 30.4 Å². The van der Waals surface area contributed by atoms with Crippen LogP contribution in [0.1, 0.15) is 12.5 Å². The van der Waals surface area contributed by atoms with Crippen molar-refractivity contribution in [1.82, 2.24) is 29.5 Å². The third-order valence-electron chi connectivity index (χ3n) is 3.81. The number of hydrogen-bond acceptors (Lipinski definition) is 6. The third-order valence-corrected chi connectivity index (χ3v) is 4.18. The van der Waals surface area contributed by atoms with E-state index in [1.165, 1.54) is 40.7 Å². The van der Waals surface area contributed by atoms with E-state index in [9.17, 15) is 13.6 Å². The molecular weight excluding hydrogens is 426 g/mol. The normalized spacial score (nSPS) is 12.7. The molecule has 2 aromatic heterocycles. The van der Waals surface area contributed by atoms with Crippen LogP contribution in [0.2, 0.25) is 0 Å². The van der Waals surface area contributed by atoms with Gasteiger partial charge in [0, 0.05) is 11.6 Å². The summed E-state index contributed by atoms with van der Waals surface area (Å²) in [7, 11) is 0. The van der Waals surface area contributed by atoms with E-state index in [1.807, 2.05) is 0 Å². The van der Waals surface area contributed by atoms with E-state index in [-0.39, 0.29) is 18.7 Å². The highest BCUT2D eigenvalue weighted by atomic mass is 79.9. The first kappa shape index (κ1) is 19.1. The van der Waals surface area contributed by atoms with Crippen LogP contribution in [0.5, 0.6) is 0 Å². The molecule has 1 atom stereocenters. The lowest BCUT2D eigenvalue weighted by Gasteiger charge is -2.34. The van der Waals surface area contributed by atoms with Gasteiger partial charge < -0.3 is 4.74 Å². The molecule has 0 aliphatic rings. The minimum Gasteiger partial charge on any atom is -0.449 e. The molecule has 0 saturated heterocycles. The maximum atomic E-state index is 14.7. The van der Waals surface area contributed by atoms with Gasteiger partial charge in [-0.3, -0.25) is 4.79 Å². The topological polar surface area (TPSA) is 87.7 Å². The average Bonchev–Trinajstić information content (AvgIpc) is 3.28. The molecule has 0 N–H and O–H groups in total. The fourth-order valence-corrected chi connectivity index (χ4v) is 2.72. The van der Waals surface area contributed by atoms with E-state index in [1.54, 1.807) is 6.92 Å². The van der Waals surface area contributed by atoms with Crippen LogP contribution in [0.3, 0.4) is 0 Å². The molecule has 0 aliphatic heterocycles. The minimum atomic E-state index is -1.57. The largest absolute Gasteiger partial charge is 0.449 e. The number of carbonyl (C=O) groups is 1. The highest BCUT2D eigenvalue weighted by molar-refractivity contribution is 9.10. The molecule has 0 spiro atoms. The molecule has 8 nitrogen and oxygen atoms in total. The van der Waals surface area contributed by atoms with Crippen LogP contribution >= 0.6 is 15.9 Å². The summed E-state index contributed by atoms with van der Waals surface area (Å²) in [5.41, 5.74) is -1.59. The van der Waals surface area contributed by atoms with Crippen LogP contribution in [0.4, 0.5) is 8.78 Å². The predicted molar refractivity (Wildman–Crippen MR) is 92.6 cm³/mol. The number of hydrogen-bond donors (Lipinski definition) is 0. The zero-order valence-corrected chi connectivity index (χ0v) is 15.8. The molecule has 142 valence electrons. The van der Waals surface area contributed by atoms with Gasteiger partial charge in [-0.25, -0.2) is 28.1 Å². The first-order chi connectivity index (χ1) is 12.9. The van der Waals surface area contributed by atoms with Crippen molar-refractivity contribution in [3.8, 4) is 0 Å². The zero-order valence-electron chi connectivity index (χ0n) is 14.2. The number of esters is 1. The smallest absolute Gasteiger partial charge is 0.320 e. The van der Waals surface area contributed by atoms with E-state index >= 15 is 0 Å². The van der Waals surface area contributed by atoms with Gasteiger partial charge in [0.2, 0.25) is 0 Å². The van der Waals surface area contributed by atoms with Crippen LogP contribution in [-0.2, 0) is 28.2 Å². The van der Waals surface area contributed by atoms with E-state index in [2.05, 4.69) is 36.1 Å². The number of alkyl halides is 1. The Hall–Kier alpha value is -2.69. The average molecular weight is 441 g/mol. The lowest BCUT2D eigenvalue weighted by Crippen LogP contribution is -2.43. The molecule has 0 bridgehead atoms. The van der Waals surface area contributed by atoms with Crippen molar-refractivity contribution in [1.29, 1.82) is 0 Å². The van der Waals surface area contributed by atoms with Gasteiger partial charge in [-0.2, -0.15) is 10.2 Å².